The van der Waals surface area contributed by atoms with Crippen LogP contribution in [-0.4, -0.2) is 59.0 Å². The third kappa shape index (κ3) is 12.5. The van der Waals surface area contributed by atoms with Crippen LogP contribution in [0.4, 0.5) is 5.69 Å². The molecule has 0 heterocycles. The molecule has 3 aromatic rings. The smallest absolute Gasteiger partial charge is 0.335 e. The Morgan fingerprint density at radius 2 is 1.35 bits per heavy atom. The largest absolute Gasteiger partial charge is 0.481 e. The first-order valence-electron chi connectivity index (χ1n) is 17.5. The standard InChI is InChI=1S/C18H17NO2.C12H20O6.C11H14O2/c1-3-11(2)18(21)19-15-10-6-9-14-16(15)12-7-4-5-8-13(12)17(14)20;1-4-12(2,3)11(16)18-8-7-17-10(15)6-5-9(13)14;1-3-8(2)9-4-6-10(7-5-9)11(12)13/h4-11H,3H2,1-2H3,(H,19,21);4-8H2,1-3H3,(H,13,14);4-8H,3H2,1-2H3,(H,12,13). The van der Waals surface area contributed by atoms with Gasteiger partial charge in [-0.15, -0.1) is 0 Å². The molecule has 11 heteroatoms. The second kappa shape index (κ2) is 20.5. The van der Waals surface area contributed by atoms with Crippen LogP contribution >= 0.6 is 0 Å². The molecule has 1 aliphatic carbocycles. The van der Waals surface area contributed by atoms with E-state index in [-0.39, 0.29) is 49.6 Å². The lowest BCUT2D eigenvalue weighted by molar-refractivity contribution is -0.159. The highest BCUT2D eigenvalue weighted by Crippen LogP contribution is 2.41. The minimum Gasteiger partial charge on any atom is -0.481 e. The molecule has 0 radical (unpaired) electrons. The fraction of sp³-hybridized carbons (Fsp3) is 0.415. The summed E-state index contributed by atoms with van der Waals surface area (Å²) in [7, 11) is 0. The Labute approximate surface area is 305 Å². The van der Waals surface area contributed by atoms with Gasteiger partial charge in [-0.25, -0.2) is 4.79 Å². The average Bonchev–Trinajstić information content (AvgIpc) is 3.44. The number of carbonyl (C=O) groups is 6. The van der Waals surface area contributed by atoms with Gasteiger partial charge < -0.3 is 25.0 Å². The van der Waals surface area contributed by atoms with Crippen LogP contribution in [0, 0.1) is 11.3 Å². The van der Waals surface area contributed by atoms with Crippen molar-refractivity contribution in [1.82, 2.24) is 0 Å². The molecule has 0 aromatic heterocycles. The Bertz CT molecular complexity index is 1710. The van der Waals surface area contributed by atoms with Crippen molar-refractivity contribution >= 4 is 41.3 Å². The number of rotatable bonds is 14. The zero-order chi connectivity index (χ0) is 39.0. The second-order valence-corrected chi connectivity index (χ2v) is 13.1. The normalized spacial score (nSPS) is 12.3. The molecule has 0 aliphatic heterocycles. The zero-order valence-corrected chi connectivity index (χ0v) is 31.1. The van der Waals surface area contributed by atoms with E-state index in [0.29, 0.717) is 29.0 Å². The van der Waals surface area contributed by atoms with Gasteiger partial charge in [0, 0.05) is 28.3 Å². The zero-order valence-electron chi connectivity index (χ0n) is 31.1. The van der Waals surface area contributed by atoms with Crippen LogP contribution < -0.4 is 5.32 Å². The molecule has 2 unspecified atom stereocenters. The van der Waals surface area contributed by atoms with Crippen molar-refractivity contribution in [1.29, 1.82) is 0 Å². The van der Waals surface area contributed by atoms with Crippen LogP contribution in [0.5, 0.6) is 0 Å². The number of hydrogen-bond donors (Lipinski definition) is 3. The molecule has 1 aliphatic rings. The van der Waals surface area contributed by atoms with E-state index < -0.39 is 23.3 Å². The van der Waals surface area contributed by atoms with Crippen molar-refractivity contribution in [2.45, 2.75) is 86.5 Å². The molecule has 4 rings (SSSR count). The molecule has 3 N–H and O–H groups in total. The first kappa shape index (κ1) is 42.8. The highest BCUT2D eigenvalue weighted by molar-refractivity contribution is 6.24. The summed E-state index contributed by atoms with van der Waals surface area (Å²) in [6.07, 6.45) is 2.08. The quantitative estimate of drug-likeness (QED) is 0.0853. The predicted molar refractivity (Wildman–Crippen MR) is 198 cm³/mol. The van der Waals surface area contributed by atoms with Gasteiger partial charge in [0.05, 0.1) is 23.8 Å². The summed E-state index contributed by atoms with van der Waals surface area (Å²) in [5.41, 5.74) is 4.84. The van der Waals surface area contributed by atoms with Crippen LogP contribution in [-0.2, 0) is 28.7 Å². The summed E-state index contributed by atoms with van der Waals surface area (Å²) >= 11 is 0. The van der Waals surface area contributed by atoms with Gasteiger partial charge in [-0.3, -0.25) is 24.0 Å². The number of esters is 2. The number of aromatic carboxylic acids is 1. The molecule has 0 spiro atoms. The Morgan fingerprint density at radius 3 is 1.90 bits per heavy atom. The lowest BCUT2D eigenvalue weighted by atomic mass is 9.91. The molecule has 0 fully saturated rings. The van der Waals surface area contributed by atoms with Crippen molar-refractivity contribution < 1.29 is 48.5 Å². The topological polar surface area (TPSA) is 173 Å². The maximum atomic E-state index is 12.4. The van der Waals surface area contributed by atoms with Gasteiger partial charge in [-0.1, -0.05) is 83.1 Å². The van der Waals surface area contributed by atoms with E-state index in [2.05, 4.69) is 19.2 Å². The molecule has 280 valence electrons. The number of aliphatic carboxylic acids is 1. The molecule has 11 nitrogen and oxygen atoms in total. The minimum atomic E-state index is -1.05. The molecule has 1 amide bonds. The number of ketones is 1. The molecule has 0 bridgehead atoms. The van der Waals surface area contributed by atoms with E-state index in [1.165, 1.54) is 5.56 Å². The van der Waals surface area contributed by atoms with E-state index in [4.69, 9.17) is 19.7 Å². The van der Waals surface area contributed by atoms with Crippen molar-refractivity contribution in [3.05, 3.63) is 89.0 Å². The lowest BCUT2D eigenvalue weighted by Crippen LogP contribution is -2.27. The van der Waals surface area contributed by atoms with Gasteiger partial charge in [-0.2, -0.15) is 0 Å². The van der Waals surface area contributed by atoms with Crippen molar-refractivity contribution in [3.63, 3.8) is 0 Å². The molecule has 0 saturated carbocycles. The van der Waals surface area contributed by atoms with E-state index in [1.807, 2.05) is 75.4 Å². The third-order valence-corrected chi connectivity index (χ3v) is 8.97. The van der Waals surface area contributed by atoms with Gasteiger partial charge in [0.1, 0.15) is 13.2 Å². The van der Waals surface area contributed by atoms with E-state index in [1.54, 1.807) is 26.0 Å². The summed E-state index contributed by atoms with van der Waals surface area (Å²) in [5, 5.41) is 20.0. The molecule has 52 heavy (non-hydrogen) atoms. The molecule has 0 saturated heterocycles. The fourth-order valence-corrected chi connectivity index (χ4v) is 4.72. The van der Waals surface area contributed by atoms with E-state index >= 15 is 0 Å². The summed E-state index contributed by atoms with van der Waals surface area (Å²) in [5.74, 6) is -2.40. The highest BCUT2D eigenvalue weighted by atomic mass is 16.6. The second-order valence-electron chi connectivity index (χ2n) is 13.1. The monoisotopic (exact) mass is 717 g/mol. The average molecular weight is 718 g/mol. The maximum Gasteiger partial charge on any atom is 0.335 e. The summed E-state index contributed by atoms with van der Waals surface area (Å²) < 4.78 is 9.65. The number of carboxylic acids is 2. The molecular weight excluding hydrogens is 666 g/mol. The first-order chi connectivity index (χ1) is 24.6. The van der Waals surface area contributed by atoms with E-state index in [9.17, 15) is 28.8 Å². The Morgan fingerprint density at radius 1 is 0.750 bits per heavy atom. The van der Waals surface area contributed by atoms with Crippen LogP contribution in [0.25, 0.3) is 11.1 Å². The van der Waals surface area contributed by atoms with Gasteiger partial charge in [0.25, 0.3) is 0 Å². The molecule has 3 aromatic carbocycles. The number of nitrogens with one attached hydrogen (secondary N) is 1. The predicted octanol–water partition coefficient (Wildman–Crippen LogP) is 8.15. The van der Waals surface area contributed by atoms with Gasteiger partial charge in [-0.05, 0) is 68.4 Å². The number of amides is 1. The van der Waals surface area contributed by atoms with Crippen LogP contribution in [0.2, 0.25) is 0 Å². The summed E-state index contributed by atoms with van der Waals surface area (Å²) in [4.78, 5) is 67.8. The number of carbonyl (C=O) groups excluding carboxylic acids is 4. The Balaban J connectivity index is 0.000000278. The number of carboxylic acid groups (broad SMARTS) is 2. The number of benzene rings is 3. The van der Waals surface area contributed by atoms with Crippen molar-refractivity contribution in [2.24, 2.45) is 11.3 Å². The molecule has 2 atom stereocenters. The van der Waals surface area contributed by atoms with Crippen LogP contribution in [0.1, 0.15) is 118 Å². The number of hydrogen-bond acceptors (Lipinski definition) is 8. The Kier molecular flexibility index (Phi) is 16.9. The van der Waals surface area contributed by atoms with Crippen LogP contribution in [0.3, 0.4) is 0 Å². The Hall–Kier alpha value is -5.32. The summed E-state index contributed by atoms with van der Waals surface area (Å²) in [6.45, 7) is 13.5. The maximum absolute atomic E-state index is 12.4. The number of fused-ring (bicyclic) bond motifs is 3. The van der Waals surface area contributed by atoms with Gasteiger partial charge >= 0.3 is 23.9 Å². The van der Waals surface area contributed by atoms with Gasteiger partial charge in [0.15, 0.2) is 5.78 Å². The fourth-order valence-electron chi connectivity index (χ4n) is 4.72. The van der Waals surface area contributed by atoms with Crippen molar-refractivity contribution in [3.8, 4) is 11.1 Å². The first-order valence-corrected chi connectivity index (χ1v) is 17.5. The minimum absolute atomic E-state index is 0.0114. The van der Waals surface area contributed by atoms with Gasteiger partial charge in [0.2, 0.25) is 5.91 Å². The SMILES string of the molecule is CCC(C)(C)C(=O)OCCOC(=O)CCC(=O)O.CCC(C)C(=O)Nc1cccc2c1-c1ccccc1C2=O.CCC(C)c1ccc(C(=O)O)cc1. The summed E-state index contributed by atoms with van der Waals surface area (Å²) in [6, 6.07) is 20.1. The third-order valence-electron chi connectivity index (χ3n) is 8.97. The molecular formula is C41H51NO10. The van der Waals surface area contributed by atoms with E-state index in [0.717, 1.165) is 29.7 Å². The number of ether oxygens (including phenoxy) is 2. The van der Waals surface area contributed by atoms with Crippen LogP contribution in [0.15, 0.2) is 66.7 Å². The van der Waals surface area contributed by atoms with Crippen molar-refractivity contribution in [2.75, 3.05) is 18.5 Å². The lowest BCUT2D eigenvalue weighted by Gasteiger charge is -2.20. The number of anilines is 1. The highest BCUT2D eigenvalue weighted by Gasteiger charge is 2.29.